The lowest BCUT2D eigenvalue weighted by Crippen LogP contribution is -2.61. The van der Waals surface area contributed by atoms with Crippen LogP contribution in [0.25, 0.3) is 0 Å². The van der Waals surface area contributed by atoms with Gasteiger partial charge in [-0.25, -0.2) is 4.79 Å². The molecule has 1 fully saturated rings. The van der Waals surface area contributed by atoms with Gasteiger partial charge in [-0.15, -0.1) is 0 Å². The van der Waals surface area contributed by atoms with E-state index in [0.717, 1.165) is 103 Å². The average Bonchev–Trinajstić information content (AvgIpc) is 3.60. The van der Waals surface area contributed by atoms with Crippen LogP contribution >= 0.6 is 0 Å². The Morgan fingerprint density at radius 3 is 1.25 bits per heavy atom. The fourth-order valence-corrected chi connectivity index (χ4v) is 9.33. The lowest BCUT2D eigenvalue weighted by atomic mass is 9.98. The third kappa shape index (κ3) is 47.3. The molecule has 1 saturated heterocycles. The summed E-state index contributed by atoms with van der Waals surface area (Å²) in [4.78, 5) is 51.3. The molecule has 0 aromatic heterocycles. The summed E-state index contributed by atoms with van der Waals surface area (Å²) in [5.41, 5.74) is 0. The van der Waals surface area contributed by atoms with E-state index in [1.54, 1.807) is 6.08 Å². The molecule has 83 heavy (non-hydrogen) atoms. The van der Waals surface area contributed by atoms with Gasteiger partial charge < -0.3 is 39.0 Å². The van der Waals surface area contributed by atoms with Crippen LogP contribution in [0.5, 0.6) is 0 Å². The molecule has 0 radical (unpaired) electrons. The van der Waals surface area contributed by atoms with E-state index in [-0.39, 0.29) is 25.9 Å². The van der Waals surface area contributed by atoms with Crippen LogP contribution in [0.15, 0.2) is 109 Å². The Labute approximate surface area is 504 Å². The van der Waals surface area contributed by atoms with Crippen molar-refractivity contribution >= 4 is 23.9 Å². The molecule has 12 heteroatoms. The van der Waals surface area contributed by atoms with Gasteiger partial charge in [0.1, 0.15) is 18.8 Å². The average molecular weight is 1160 g/mol. The number of allylic oxidation sites excluding steroid dienone is 17. The summed E-state index contributed by atoms with van der Waals surface area (Å²) in [6.07, 6.45) is 66.4. The minimum absolute atomic E-state index is 0.0307. The van der Waals surface area contributed by atoms with E-state index in [1.807, 2.05) is 12.2 Å². The molecule has 12 nitrogen and oxygen atoms in total. The maximum Gasteiger partial charge on any atom is 0.335 e. The fourth-order valence-electron chi connectivity index (χ4n) is 9.33. The van der Waals surface area contributed by atoms with Crippen LogP contribution in [-0.4, -0.2) is 89.2 Å². The molecule has 0 saturated carbocycles. The largest absolute Gasteiger partial charge is 0.479 e. The number of carbonyl (C=O) groups is 4. The molecule has 1 aliphatic heterocycles. The summed E-state index contributed by atoms with van der Waals surface area (Å²) in [5.74, 6) is -3.31. The van der Waals surface area contributed by atoms with Crippen LogP contribution in [0, 0.1) is 0 Å². The van der Waals surface area contributed by atoms with Gasteiger partial charge in [0, 0.05) is 12.8 Å². The van der Waals surface area contributed by atoms with Gasteiger partial charge in [-0.05, 0) is 109 Å². The zero-order chi connectivity index (χ0) is 60.3. The smallest absolute Gasteiger partial charge is 0.335 e. The maximum atomic E-state index is 13.1. The summed E-state index contributed by atoms with van der Waals surface area (Å²) in [7, 11) is 0. The summed E-state index contributed by atoms with van der Waals surface area (Å²) < 4.78 is 28.4. The lowest BCUT2D eigenvalue weighted by molar-refractivity contribution is -0.301. The zero-order valence-electron chi connectivity index (χ0n) is 52.2. The minimum Gasteiger partial charge on any atom is -0.479 e. The first-order valence-corrected chi connectivity index (χ1v) is 32.9. The molecule has 472 valence electrons. The number of carboxylic acids is 1. The SMILES string of the molecule is CC/C=C\C/C=C\C/C=C\C/C=C\C/C=C\CC(=O)OC(COC(=O)CCCCCCCCCCC/C=C\CCCCCCCC)COC1OC(C(=O)O)C(O)C(O)C1OC(=O)CCCCCCCC/C=C\C/C=C\C/C=C\CCCCC. The molecule has 3 N–H and O–H groups in total. The van der Waals surface area contributed by atoms with Crippen molar-refractivity contribution in [2.45, 2.75) is 302 Å². The third-order valence-corrected chi connectivity index (χ3v) is 14.3. The molecule has 0 aromatic carbocycles. The van der Waals surface area contributed by atoms with E-state index in [0.29, 0.717) is 19.3 Å². The number of hydrogen-bond acceptors (Lipinski definition) is 11. The predicted molar refractivity (Wildman–Crippen MR) is 340 cm³/mol. The summed E-state index contributed by atoms with van der Waals surface area (Å²) in [6.45, 7) is 5.78. The van der Waals surface area contributed by atoms with Crippen LogP contribution in [0.2, 0.25) is 0 Å². The molecule has 6 unspecified atom stereocenters. The number of aliphatic carboxylic acids is 1. The highest BCUT2D eigenvalue weighted by molar-refractivity contribution is 5.74. The molecule has 0 spiro atoms. The van der Waals surface area contributed by atoms with Gasteiger partial charge in [-0.1, -0.05) is 246 Å². The number of carboxylic acid groups (broad SMARTS) is 1. The van der Waals surface area contributed by atoms with Crippen LogP contribution in [0.4, 0.5) is 0 Å². The van der Waals surface area contributed by atoms with Crippen LogP contribution in [0.1, 0.15) is 265 Å². The second kappa shape index (κ2) is 57.8. The standard InChI is InChI=1S/C71H116O12/c1-4-7-10-13-16-19-22-25-28-30-32-34-37-39-42-45-48-51-54-57-63(72)79-60-62(81-64(73)58-55-52-49-46-43-40-36-27-24-21-18-15-12-9-6-3)61-80-71-69(67(76)66(75)68(83-71)70(77)78)82-65(74)59-56-53-50-47-44-41-38-35-33-31-29-26-23-20-17-14-11-8-5-2/h9,12,17-18,20-21,25-29,33,35-36,43,46,52,55,62,66-69,71,75-76H,4-8,10-11,13-16,19,22-24,30-32,34,37-42,44-45,47-51,53-54,56-61H2,1-3H3,(H,77,78)/b12-9-,20-17-,21-18-,28-25-,29-26-,35-33-,36-27-,46-43-,55-52-. The maximum absolute atomic E-state index is 13.1. The molecule has 0 aromatic rings. The number of ether oxygens (including phenoxy) is 5. The van der Waals surface area contributed by atoms with Crippen molar-refractivity contribution in [3.8, 4) is 0 Å². The molecule has 0 bridgehead atoms. The topological polar surface area (TPSA) is 175 Å². The van der Waals surface area contributed by atoms with Crippen molar-refractivity contribution in [1.82, 2.24) is 0 Å². The Balaban J connectivity index is 2.70. The number of aliphatic hydroxyl groups excluding tert-OH is 2. The van der Waals surface area contributed by atoms with Gasteiger partial charge in [0.25, 0.3) is 0 Å². The predicted octanol–water partition coefficient (Wildman–Crippen LogP) is 17.8. The van der Waals surface area contributed by atoms with Gasteiger partial charge in [0.05, 0.1) is 13.0 Å². The normalized spacial score (nSPS) is 18.3. The Morgan fingerprint density at radius 1 is 0.422 bits per heavy atom. The van der Waals surface area contributed by atoms with Crippen molar-refractivity contribution in [3.63, 3.8) is 0 Å². The van der Waals surface area contributed by atoms with Crippen molar-refractivity contribution in [2.75, 3.05) is 13.2 Å². The fraction of sp³-hybridized carbons (Fsp3) is 0.690. The molecule has 0 aliphatic carbocycles. The number of aliphatic hydroxyl groups is 2. The van der Waals surface area contributed by atoms with E-state index in [1.165, 1.54) is 103 Å². The molecular weight excluding hydrogens is 1040 g/mol. The monoisotopic (exact) mass is 1160 g/mol. The van der Waals surface area contributed by atoms with E-state index in [2.05, 4.69) is 112 Å². The highest BCUT2D eigenvalue weighted by Crippen LogP contribution is 2.26. The van der Waals surface area contributed by atoms with Crippen molar-refractivity contribution in [2.24, 2.45) is 0 Å². The second-order valence-corrected chi connectivity index (χ2v) is 22.0. The van der Waals surface area contributed by atoms with Crippen molar-refractivity contribution in [1.29, 1.82) is 0 Å². The first-order valence-electron chi connectivity index (χ1n) is 32.9. The van der Waals surface area contributed by atoms with Crippen LogP contribution < -0.4 is 0 Å². The highest BCUT2D eigenvalue weighted by Gasteiger charge is 2.50. The van der Waals surface area contributed by atoms with Crippen LogP contribution in [-0.2, 0) is 42.9 Å². The molecule has 1 heterocycles. The number of esters is 3. The number of unbranched alkanes of at least 4 members (excludes halogenated alkanes) is 24. The van der Waals surface area contributed by atoms with E-state index < -0.39 is 67.3 Å². The summed E-state index contributed by atoms with van der Waals surface area (Å²) in [6, 6.07) is 0. The molecule has 0 amide bonds. The summed E-state index contributed by atoms with van der Waals surface area (Å²) in [5, 5.41) is 31.6. The molecule has 6 atom stereocenters. The van der Waals surface area contributed by atoms with E-state index in [9.17, 15) is 34.5 Å². The molecular formula is C71H116O12. The van der Waals surface area contributed by atoms with Gasteiger partial charge in [0.15, 0.2) is 24.6 Å². The lowest BCUT2D eigenvalue weighted by Gasteiger charge is -2.40. The minimum atomic E-state index is -1.93. The summed E-state index contributed by atoms with van der Waals surface area (Å²) >= 11 is 0. The number of rotatable bonds is 55. The Bertz CT molecular complexity index is 1860. The quantitative estimate of drug-likeness (QED) is 0.0228. The zero-order valence-corrected chi connectivity index (χ0v) is 52.2. The van der Waals surface area contributed by atoms with E-state index >= 15 is 0 Å². The van der Waals surface area contributed by atoms with E-state index in [4.69, 9.17) is 23.7 Å². The van der Waals surface area contributed by atoms with Crippen molar-refractivity contribution in [3.05, 3.63) is 109 Å². The number of hydrogen-bond donors (Lipinski definition) is 3. The Morgan fingerprint density at radius 2 is 0.795 bits per heavy atom. The number of carbonyl (C=O) groups excluding carboxylic acids is 3. The third-order valence-electron chi connectivity index (χ3n) is 14.3. The van der Waals surface area contributed by atoms with Gasteiger partial charge in [-0.2, -0.15) is 0 Å². The first kappa shape index (κ1) is 76.4. The Kier molecular flexibility index (Phi) is 53.2. The van der Waals surface area contributed by atoms with Gasteiger partial charge >= 0.3 is 23.9 Å². The first-order chi connectivity index (χ1) is 40.6. The van der Waals surface area contributed by atoms with Crippen LogP contribution in [0.3, 0.4) is 0 Å². The van der Waals surface area contributed by atoms with Gasteiger partial charge in [-0.3, -0.25) is 14.4 Å². The molecule has 1 rings (SSSR count). The highest BCUT2D eigenvalue weighted by atomic mass is 16.7. The van der Waals surface area contributed by atoms with Gasteiger partial charge in [0.2, 0.25) is 0 Å². The molecule has 1 aliphatic rings. The Hall–Kier alpha value is -4.62. The van der Waals surface area contributed by atoms with Crippen molar-refractivity contribution < 1.29 is 58.2 Å². The second-order valence-electron chi connectivity index (χ2n) is 22.0.